The van der Waals surface area contributed by atoms with Crippen LogP contribution in [0.1, 0.15) is 17.5 Å². The Labute approximate surface area is 119 Å². The van der Waals surface area contributed by atoms with E-state index in [-0.39, 0.29) is 0 Å². The fourth-order valence-electron chi connectivity index (χ4n) is 2.06. The monoisotopic (exact) mass is 277 g/mol. The van der Waals surface area contributed by atoms with E-state index in [1.807, 2.05) is 17.9 Å². The Kier molecular flexibility index (Phi) is 5.28. The number of nitrogens with zero attached hydrogens (tertiary/aromatic N) is 2. The lowest BCUT2D eigenvalue weighted by Crippen LogP contribution is -2.04. The highest BCUT2D eigenvalue weighted by Crippen LogP contribution is 2.12. The Bertz CT molecular complexity index is 508. The summed E-state index contributed by atoms with van der Waals surface area (Å²) in [6.07, 6.45) is 7.03. The topological polar surface area (TPSA) is 29.9 Å². The molecular formula is C15H20ClN3. The minimum atomic E-state index is 0.721. The summed E-state index contributed by atoms with van der Waals surface area (Å²) >= 11 is 5.72. The zero-order valence-corrected chi connectivity index (χ0v) is 12.0. The molecule has 19 heavy (non-hydrogen) atoms. The first-order valence-corrected chi connectivity index (χ1v) is 7.17. The van der Waals surface area contributed by atoms with E-state index in [1.54, 1.807) is 0 Å². The van der Waals surface area contributed by atoms with Crippen molar-refractivity contribution in [1.82, 2.24) is 9.78 Å². The van der Waals surface area contributed by atoms with Gasteiger partial charge in [-0.05, 0) is 42.5 Å². The van der Waals surface area contributed by atoms with Crippen LogP contribution in [0, 0.1) is 0 Å². The SMILES string of the molecule is Cn1cc(CCNc2cccc(CCCCl)c2)cn1. The third kappa shape index (κ3) is 4.60. The smallest absolute Gasteiger partial charge is 0.0522 e. The highest BCUT2D eigenvalue weighted by atomic mass is 35.5. The third-order valence-electron chi connectivity index (χ3n) is 3.03. The van der Waals surface area contributed by atoms with Gasteiger partial charge in [0, 0.05) is 31.4 Å². The molecule has 1 N–H and O–H groups in total. The lowest BCUT2D eigenvalue weighted by molar-refractivity contribution is 0.767. The molecule has 0 aliphatic rings. The largest absolute Gasteiger partial charge is 0.385 e. The van der Waals surface area contributed by atoms with Gasteiger partial charge in [0.25, 0.3) is 0 Å². The van der Waals surface area contributed by atoms with Crippen molar-refractivity contribution in [2.75, 3.05) is 17.7 Å². The van der Waals surface area contributed by atoms with Crippen LogP contribution in [-0.4, -0.2) is 22.2 Å². The van der Waals surface area contributed by atoms with Gasteiger partial charge in [-0.25, -0.2) is 0 Å². The summed E-state index contributed by atoms with van der Waals surface area (Å²) in [4.78, 5) is 0. The van der Waals surface area contributed by atoms with Gasteiger partial charge in [-0.1, -0.05) is 12.1 Å². The molecule has 0 unspecified atom stereocenters. The molecular weight excluding hydrogens is 258 g/mol. The van der Waals surface area contributed by atoms with Crippen LogP contribution in [0.2, 0.25) is 0 Å². The van der Waals surface area contributed by atoms with Crippen LogP contribution in [0.15, 0.2) is 36.7 Å². The predicted octanol–water partition coefficient (Wildman–Crippen LogP) is 3.25. The van der Waals surface area contributed by atoms with Crippen LogP contribution < -0.4 is 5.32 Å². The van der Waals surface area contributed by atoms with E-state index in [0.29, 0.717) is 0 Å². The van der Waals surface area contributed by atoms with Crippen LogP contribution in [0.5, 0.6) is 0 Å². The quantitative estimate of drug-likeness (QED) is 0.788. The molecule has 3 nitrogen and oxygen atoms in total. The van der Waals surface area contributed by atoms with E-state index in [0.717, 1.165) is 31.7 Å². The summed E-state index contributed by atoms with van der Waals surface area (Å²) < 4.78 is 1.84. The Morgan fingerprint density at radius 3 is 2.89 bits per heavy atom. The molecule has 0 saturated heterocycles. The highest BCUT2D eigenvalue weighted by Gasteiger charge is 1.98. The number of rotatable bonds is 7. The number of hydrogen-bond donors (Lipinski definition) is 1. The summed E-state index contributed by atoms with van der Waals surface area (Å²) in [5.74, 6) is 0.721. The van der Waals surface area contributed by atoms with Gasteiger partial charge in [0.1, 0.15) is 0 Å². The molecule has 0 radical (unpaired) electrons. The summed E-state index contributed by atoms with van der Waals surface area (Å²) in [5, 5.41) is 7.62. The maximum absolute atomic E-state index is 5.72. The van der Waals surface area contributed by atoms with Crippen molar-refractivity contribution in [1.29, 1.82) is 0 Å². The maximum atomic E-state index is 5.72. The average Bonchev–Trinajstić information content (AvgIpc) is 2.83. The molecule has 1 heterocycles. The van der Waals surface area contributed by atoms with Gasteiger partial charge in [0.2, 0.25) is 0 Å². The van der Waals surface area contributed by atoms with Crippen LogP contribution in [0.25, 0.3) is 0 Å². The summed E-state index contributed by atoms with van der Waals surface area (Å²) in [5.41, 5.74) is 3.77. The van der Waals surface area contributed by atoms with E-state index < -0.39 is 0 Å². The summed E-state index contributed by atoms with van der Waals surface area (Å²) in [7, 11) is 1.94. The zero-order chi connectivity index (χ0) is 13.5. The first-order chi connectivity index (χ1) is 9.28. The standard InChI is InChI=1S/C15H20ClN3/c1-19-12-14(11-18-19)7-9-17-15-6-2-4-13(10-15)5-3-8-16/h2,4,6,10-12,17H,3,5,7-9H2,1H3. The van der Waals surface area contributed by atoms with Gasteiger partial charge in [-0.15, -0.1) is 11.6 Å². The predicted molar refractivity (Wildman–Crippen MR) is 80.9 cm³/mol. The maximum Gasteiger partial charge on any atom is 0.0522 e. The van der Waals surface area contributed by atoms with Crippen LogP contribution in [0.4, 0.5) is 5.69 Å². The summed E-state index contributed by atoms with van der Waals surface area (Å²) in [6, 6.07) is 8.55. The van der Waals surface area contributed by atoms with Crippen molar-refractivity contribution in [3.05, 3.63) is 47.8 Å². The van der Waals surface area contributed by atoms with Gasteiger partial charge in [0.05, 0.1) is 6.20 Å². The minimum Gasteiger partial charge on any atom is -0.385 e. The minimum absolute atomic E-state index is 0.721. The molecule has 0 aliphatic carbocycles. The van der Waals surface area contributed by atoms with E-state index >= 15 is 0 Å². The second-order valence-corrected chi connectivity index (χ2v) is 5.07. The molecule has 102 valence electrons. The number of nitrogens with one attached hydrogen (secondary N) is 1. The molecule has 0 saturated carbocycles. The number of hydrogen-bond acceptors (Lipinski definition) is 2. The molecule has 0 atom stereocenters. The number of halogens is 1. The average molecular weight is 278 g/mol. The van der Waals surface area contributed by atoms with E-state index in [9.17, 15) is 0 Å². The van der Waals surface area contributed by atoms with Gasteiger partial charge >= 0.3 is 0 Å². The zero-order valence-electron chi connectivity index (χ0n) is 11.3. The van der Waals surface area contributed by atoms with Gasteiger partial charge in [-0.3, -0.25) is 4.68 Å². The molecule has 0 amide bonds. The number of alkyl halides is 1. The van der Waals surface area contributed by atoms with Crippen molar-refractivity contribution in [2.45, 2.75) is 19.3 Å². The van der Waals surface area contributed by atoms with Crippen LogP contribution >= 0.6 is 11.6 Å². The van der Waals surface area contributed by atoms with Crippen LogP contribution in [0.3, 0.4) is 0 Å². The second kappa shape index (κ2) is 7.19. The second-order valence-electron chi connectivity index (χ2n) is 4.69. The van der Waals surface area contributed by atoms with Crippen molar-refractivity contribution in [3.63, 3.8) is 0 Å². The summed E-state index contributed by atoms with van der Waals surface area (Å²) in [6.45, 7) is 0.921. The molecule has 4 heteroatoms. The fourth-order valence-corrected chi connectivity index (χ4v) is 2.19. The van der Waals surface area contributed by atoms with E-state index in [1.165, 1.54) is 16.8 Å². The Hall–Kier alpha value is -1.48. The van der Waals surface area contributed by atoms with E-state index in [2.05, 4.69) is 40.9 Å². The Morgan fingerprint density at radius 2 is 2.16 bits per heavy atom. The first-order valence-electron chi connectivity index (χ1n) is 6.64. The van der Waals surface area contributed by atoms with Crippen molar-refractivity contribution >= 4 is 17.3 Å². The number of aryl methyl sites for hydroxylation is 2. The first kappa shape index (κ1) is 13.9. The molecule has 0 fully saturated rings. The molecule has 1 aromatic carbocycles. The van der Waals surface area contributed by atoms with Crippen molar-refractivity contribution in [3.8, 4) is 0 Å². The molecule has 2 aromatic rings. The lowest BCUT2D eigenvalue weighted by Gasteiger charge is -2.07. The number of aromatic nitrogens is 2. The normalized spacial score (nSPS) is 10.6. The van der Waals surface area contributed by atoms with Gasteiger partial charge < -0.3 is 5.32 Å². The number of benzene rings is 1. The molecule has 0 aliphatic heterocycles. The van der Waals surface area contributed by atoms with Gasteiger partial charge in [0.15, 0.2) is 0 Å². The molecule has 0 bridgehead atoms. The van der Waals surface area contributed by atoms with Crippen molar-refractivity contribution < 1.29 is 0 Å². The van der Waals surface area contributed by atoms with Crippen molar-refractivity contribution in [2.24, 2.45) is 7.05 Å². The highest BCUT2D eigenvalue weighted by molar-refractivity contribution is 6.17. The molecule has 0 spiro atoms. The lowest BCUT2D eigenvalue weighted by atomic mass is 10.1. The Morgan fingerprint density at radius 1 is 1.26 bits per heavy atom. The molecule has 2 rings (SSSR count). The molecule has 1 aromatic heterocycles. The third-order valence-corrected chi connectivity index (χ3v) is 3.29. The van der Waals surface area contributed by atoms with E-state index in [4.69, 9.17) is 11.6 Å². The van der Waals surface area contributed by atoms with Crippen LogP contribution in [-0.2, 0) is 19.9 Å². The fraction of sp³-hybridized carbons (Fsp3) is 0.400. The number of anilines is 1. The Balaban J connectivity index is 1.82. The van der Waals surface area contributed by atoms with Gasteiger partial charge in [-0.2, -0.15) is 5.10 Å².